The van der Waals surface area contributed by atoms with Crippen LogP contribution in [-0.4, -0.2) is 11.4 Å². The molecule has 0 aliphatic carbocycles. The third kappa shape index (κ3) is 3.06. The van der Waals surface area contributed by atoms with E-state index < -0.39 is 5.54 Å². The minimum Gasteiger partial charge on any atom is -0.350 e. The molecule has 0 saturated carbocycles. The highest BCUT2D eigenvalue weighted by Crippen LogP contribution is 2.16. The van der Waals surface area contributed by atoms with Crippen molar-refractivity contribution >= 4 is 17.2 Å². The number of rotatable bonds is 5. The number of nitrogens with one attached hydrogen (secondary N) is 1. The Kier molecular flexibility index (Phi) is 4.50. The number of hydrogen-bond acceptors (Lipinski definition) is 3. The quantitative estimate of drug-likeness (QED) is 0.829. The molecule has 1 rings (SSSR count). The van der Waals surface area contributed by atoms with Crippen LogP contribution in [0, 0.1) is 6.92 Å². The van der Waals surface area contributed by atoms with Crippen LogP contribution < -0.4 is 11.1 Å². The van der Waals surface area contributed by atoms with Gasteiger partial charge in [0, 0.05) is 9.75 Å². The van der Waals surface area contributed by atoms with Crippen molar-refractivity contribution in [1.29, 1.82) is 0 Å². The third-order valence-corrected chi connectivity index (χ3v) is 3.93. The van der Waals surface area contributed by atoms with Gasteiger partial charge in [-0.15, -0.1) is 11.3 Å². The molecule has 4 heteroatoms. The standard InChI is InChI=1S/C12H20N2OS/c1-4-12(13,5-2)11(15)14-8-10-7-6-9(3)16-10/h6-7H,4-5,8,13H2,1-3H3,(H,14,15). The number of thiophene rings is 1. The molecule has 0 unspecified atom stereocenters. The van der Waals surface area contributed by atoms with E-state index in [9.17, 15) is 4.79 Å². The Labute approximate surface area is 101 Å². The lowest BCUT2D eigenvalue weighted by Crippen LogP contribution is -2.52. The Morgan fingerprint density at radius 2 is 2.06 bits per heavy atom. The summed E-state index contributed by atoms with van der Waals surface area (Å²) in [4.78, 5) is 14.3. The highest BCUT2D eigenvalue weighted by molar-refractivity contribution is 7.11. The topological polar surface area (TPSA) is 55.1 Å². The van der Waals surface area contributed by atoms with E-state index in [2.05, 4.69) is 18.3 Å². The SMILES string of the molecule is CCC(N)(CC)C(=O)NCc1ccc(C)s1. The summed E-state index contributed by atoms with van der Waals surface area (Å²) in [7, 11) is 0. The van der Waals surface area contributed by atoms with Crippen LogP contribution in [0.5, 0.6) is 0 Å². The monoisotopic (exact) mass is 240 g/mol. The smallest absolute Gasteiger partial charge is 0.240 e. The average Bonchev–Trinajstić information content (AvgIpc) is 2.70. The molecule has 3 N–H and O–H groups in total. The first-order valence-electron chi connectivity index (χ1n) is 5.64. The van der Waals surface area contributed by atoms with Crippen molar-refractivity contribution in [3.05, 3.63) is 21.9 Å². The van der Waals surface area contributed by atoms with Gasteiger partial charge in [-0.2, -0.15) is 0 Å². The number of amides is 1. The lowest BCUT2D eigenvalue weighted by Gasteiger charge is -2.24. The van der Waals surface area contributed by atoms with E-state index in [-0.39, 0.29) is 5.91 Å². The molecule has 0 aliphatic heterocycles. The molecule has 0 aromatic carbocycles. The van der Waals surface area contributed by atoms with Crippen molar-refractivity contribution in [2.45, 2.75) is 45.7 Å². The number of aryl methyl sites for hydroxylation is 1. The minimum atomic E-state index is -0.716. The molecule has 16 heavy (non-hydrogen) atoms. The molecule has 0 atom stereocenters. The first kappa shape index (κ1) is 13.2. The summed E-state index contributed by atoms with van der Waals surface area (Å²) in [6, 6.07) is 4.10. The molecular weight excluding hydrogens is 220 g/mol. The summed E-state index contributed by atoms with van der Waals surface area (Å²) < 4.78 is 0. The Hall–Kier alpha value is -0.870. The van der Waals surface area contributed by atoms with Gasteiger partial charge in [0.05, 0.1) is 12.1 Å². The summed E-state index contributed by atoms with van der Waals surface area (Å²) in [5, 5.41) is 2.90. The molecule has 90 valence electrons. The molecule has 0 saturated heterocycles. The van der Waals surface area contributed by atoms with Crippen LogP contribution in [0.25, 0.3) is 0 Å². The van der Waals surface area contributed by atoms with Crippen molar-refractivity contribution in [3.8, 4) is 0 Å². The Balaban J connectivity index is 2.52. The van der Waals surface area contributed by atoms with E-state index >= 15 is 0 Å². The largest absolute Gasteiger partial charge is 0.350 e. The van der Waals surface area contributed by atoms with Gasteiger partial charge in [-0.05, 0) is 31.9 Å². The minimum absolute atomic E-state index is 0.0523. The van der Waals surface area contributed by atoms with Crippen LogP contribution >= 0.6 is 11.3 Å². The number of carbonyl (C=O) groups is 1. The molecule has 1 amide bonds. The maximum atomic E-state index is 11.9. The van der Waals surface area contributed by atoms with E-state index in [1.807, 2.05) is 19.9 Å². The lowest BCUT2D eigenvalue weighted by atomic mass is 9.93. The van der Waals surface area contributed by atoms with Gasteiger partial charge < -0.3 is 11.1 Å². The fraction of sp³-hybridized carbons (Fsp3) is 0.583. The zero-order valence-corrected chi connectivity index (χ0v) is 11.0. The van der Waals surface area contributed by atoms with Gasteiger partial charge in [-0.1, -0.05) is 13.8 Å². The van der Waals surface area contributed by atoms with Crippen LogP contribution in [0.15, 0.2) is 12.1 Å². The fourth-order valence-electron chi connectivity index (χ4n) is 1.49. The van der Waals surface area contributed by atoms with Crippen LogP contribution in [0.1, 0.15) is 36.4 Å². The van der Waals surface area contributed by atoms with Crippen molar-refractivity contribution in [2.24, 2.45) is 5.73 Å². The molecule has 0 fully saturated rings. The first-order chi connectivity index (χ1) is 7.51. The molecule has 1 aromatic rings. The second-order valence-electron chi connectivity index (χ2n) is 4.06. The van der Waals surface area contributed by atoms with Crippen LogP contribution in [0.4, 0.5) is 0 Å². The van der Waals surface area contributed by atoms with Gasteiger partial charge in [0.2, 0.25) is 5.91 Å². The fourth-order valence-corrected chi connectivity index (χ4v) is 2.32. The van der Waals surface area contributed by atoms with E-state index in [1.54, 1.807) is 11.3 Å². The lowest BCUT2D eigenvalue weighted by molar-refractivity contribution is -0.126. The van der Waals surface area contributed by atoms with Gasteiger partial charge in [0.25, 0.3) is 0 Å². The van der Waals surface area contributed by atoms with Gasteiger partial charge in [0.15, 0.2) is 0 Å². The number of nitrogens with two attached hydrogens (primary N) is 1. The summed E-state index contributed by atoms with van der Waals surface area (Å²) in [6.45, 7) is 6.52. The maximum absolute atomic E-state index is 11.9. The Bertz CT molecular complexity index is 356. The third-order valence-electron chi connectivity index (χ3n) is 2.93. The van der Waals surface area contributed by atoms with Crippen molar-refractivity contribution in [3.63, 3.8) is 0 Å². The van der Waals surface area contributed by atoms with E-state index in [1.165, 1.54) is 9.75 Å². The molecule has 0 spiro atoms. The Morgan fingerprint density at radius 1 is 1.44 bits per heavy atom. The van der Waals surface area contributed by atoms with Crippen LogP contribution in [0.2, 0.25) is 0 Å². The van der Waals surface area contributed by atoms with Gasteiger partial charge in [0.1, 0.15) is 0 Å². The van der Waals surface area contributed by atoms with Crippen LogP contribution in [0.3, 0.4) is 0 Å². The van der Waals surface area contributed by atoms with Gasteiger partial charge >= 0.3 is 0 Å². The average molecular weight is 240 g/mol. The normalized spacial score (nSPS) is 11.5. The highest BCUT2D eigenvalue weighted by atomic mass is 32.1. The summed E-state index contributed by atoms with van der Waals surface area (Å²) in [5.74, 6) is -0.0523. The predicted molar refractivity (Wildman–Crippen MR) is 68.4 cm³/mol. The summed E-state index contributed by atoms with van der Waals surface area (Å²) >= 11 is 1.70. The molecule has 1 heterocycles. The van der Waals surface area contributed by atoms with Gasteiger partial charge in [-0.3, -0.25) is 4.79 Å². The van der Waals surface area contributed by atoms with E-state index in [4.69, 9.17) is 5.73 Å². The van der Waals surface area contributed by atoms with Crippen molar-refractivity contribution < 1.29 is 4.79 Å². The van der Waals surface area contributed by atoms with Gasteiger partial charge in [-0.25, -0.2) is 0 Å². The van der Waals surface area contributed by atoms with E-state index in [0.717, 1.165) is 0 Å². The second-order valence-corrected chi connectivity index (χ2v) is 5.43. The predicted octanol–water partition coefficient (Wildman–Crippen LogP) is 2.19. The van der Waals surface area contributed by atoms with E-state index in [0.29, 0.717) is 19.4 Å². The number of carbonyl (C=O) groups excluding carboxylic acids is 1. The number of hydrogen-bond donors (Lipinski definition) is 2. The first-order valence-corrected chi connectivity index (χ1v) is 6.46. The summed E-state index contributed by atoms with van der Waals surface area (Å²) in [6.07, 6.45) is 1.33. The molecule has 0 bridgehead atoms. The zero-order valence-electron chi connectivity index (χ0n) is 10.2. The molecule has 1 aromatic heterocycles. The second kappa shape index (κ2) is 5.46. The molecule has 0 aliphatic rings. The van der Waals surface area contributed by atoms with Crippen molar-refractivity contribution in [1.82, 2.24) is 5.32 Å². The Morgan fingerprint density at radius 3 is 2.50 bits per heavy atom. The summed E-state index contributed by atoms with van der Waals surface area (Å²) in [5.41, 5.74) is 5.28. The molecule has 0 radical (unpaired) electrons. The zero-order chi connectivity index (χ0) is 12.2. The highest BCUT2D eigenvalue weighted by Gasteiger charge is 2.29. The van der Waals surface area contributed by atoms with Crippen LogP contribution in [-0.2, 0) is 11.3 Å². The van der Waals surface area contributed by atoms with Crippen molar-refractivity contribution in [2.75, 3.05) is 0 Å². The molecule has 3 nitrogen and oxygen atoms in total. The molecular formula is C12H20N2OS. The maximum Gasteiger partial charge on any atom is 0.240 e.